The summed E-state index contributed by atoms with van der Waals surface area (Å²) < 4.78 is 5.33. The average Bonchev–Trinajstić information content (AvgIpc) is 2.54. The Morgan fingerprint density at radius 3 is 2.70 bits per heavy atom. The molecular formula is C16H25N3O. The van der Waals surface area contributed by atoms with Crippen molar-refractivity contribution in [3.63, 3.8) is 0 Å². The number of hydrogen-bond acceptors (Lipinski definition) is 4. The van der Waals surface area contributed by atoms with Crippen molar-refractivity contribution in [1.29, 1.82) is 0 Å². The van der Waals surface area contributed by atoms with Gasteiger partial charge in [-0.2, -0.15) is 0 Å². The molecule has 0 radical (unpaired) electrons. The van der Waals surface area contributed by atoms with Gasteiger partial charge in [-0.15, -0.1) is 0 Å². The number of ether oxygens (including phenoxy) is 1. The maximum atomic E-state index is 5.33. The second-order valence-corrected chi connectivity index (χ2v) is 5.85. The maximum Gasteiger partial charge on any atom is 0.119 e. The molecule has 0 amide bonds. The van der Waals surface area contributed by atoms with Crippen LogP contribution >= 0.6 is 0 Å². The fourth-order valence-electron chi connectivity index (χ4n) is 3.52. The van der Waals surface area contributed by atoms with Gasteiger partial charge < -0.3 is 10.1 Å². The topological polar surface area (TPSA) is 27.7 Å². The molecule has 2 atom stereocenters. The van der Waals surface area contributed by atoms with Crippen molar-refractivity contribution in [1.82, 2.24) is 15.1 Å². The molecule has 3 aliphatic heterocycles. The van der Waals surface area contributed by atoms with E-state index in [0.29, 0.717) is 12.1 Å². The van der Waals surface area contributed by atoms with Gasteiger partial charge in [-0.25, -0.2) is 0 Å². The lowest BCUT2D eigenvalue weighted by Crippen LogP contribution is -2.66. The summed E-state index contributed by atoms with van der Waals surface area (Å²) in [7, 11) is 3.82. The van der Waals surface area contributed by atoms with E-state index in [1.54, 1.807) is 7.11 Å². The van der Waals surface area contributed by atoms with Gasteiger partial charge in [0.05, 0.1) is 7.11 Å². The van der Waals surface area contributed by atoms with E-state index in [-0.39, 0.29) is 0 Å². The summed E-state index contributed by atoms with van der Waals surface area (Å²) in [4.78, 5) is 5.25. The van der Waals surface area contributed by atoms with Crippen molar-refractivity contribution in [2.45, 2.75) is 18.5 Å². The minimum absolute atomic E-state index is 0.505. The van der Waals surface area contributed by atoms with Gasteiger partial charge >= 0.3 is 0 Å². The third kappa shape index (κ3) is 2.82. The molecule has 4 nitrogen and oxygen atoms in total. The van der Waals surface area contributed by atoms with Crippen LogP contribution in [0.1, 0.15) is 5.56 Å². The Morgan fingerprint density at radius 1 is 1.30 bits per heavy atom. The van der Waals surface area contributed by atoms with Crippen LogP contribution in [0.4, 0.5) is 0 Å². The first-order chi connectivity index (χ1) is 9.80. The van der Waals surface area contributed by atoms with Crippen LogP contribution in [0.2, 0.25) is 0 Å². The van der Waals surface area contributed by atoms with Crippen molar-refractivity contribution in [2.24, 2.45) is 0 Å². The Labute approximate surface area is 121 Å². The van der Waals surface area contributed by atoms with Gasteiger partial charge in [0, 0.05) is 44.8 Å². The van der Waals surface area contributed by atoms with E-state index in [9.17, 15) is 0 Å². The molecule has 4 rings (SSSR count). The molecule has 1 N–H and O–H groups in total. The van der Waals surface area contributed by atoms with Crippen LogP contribution in [0.5, 0.6) is 5.75 Å². The standard InChI is InChI=1S/C16H25N3O/c1-17-15(11-13-4-3-5-14(10-13)20-2)16-12-18-6-8-19(16)9-7-18/h3-5,10,15-17H,6-9,11-12H2,1-2H3. The summed E-state index contributed by atoms with van der Waals surface area (Å²) in [5.41, 5.74) is 1.35. The monoisotopic (exact) mass is 275 g/mol. The Morgan fingerprint density at radius 2 is 2.10 bits per heavy atom. The van der Waals surface area contributed by atoms with E-state index in [2.05, 4.69) is 40.4 Å². The number of piperazine rings is 3. The van der Waals surface area contributed by atoms with Crippen LogP contribution in [0.15, 0.2) is 24.3 Å². The Bertz CT molecular complexity index is 443. The molecule has 1 aromatic rings. The molecule has 0 aliphatic carbocycles. The van der Waals surface area contributed by atoms with E-state index in [1.165, 1.54) is 38.3 Å². The summed E-state index contributed by atoms with van der Waals surface area (Å²) in [5, 5.41) is 3.53. The molecule has 2 bridgehead atoms. The molecule has 2 unspecified atom stereocenters. The van der Waals surface area contributed by atoms with Crippen molar-refractivity contribution in [3.8, 4) is 5.75 Å². The number of rotatable bonds is 5. The number of nitrogens with one attached hydrogen (secondary N) is 1. The quantitative estimate of drug-likeness (QED) is 0.861. The van der Waals surface area contributed by atoms with E-state index in [4.69, 9.17) is 4.74 Å². The molecule has 0 saturated carbocycles. The first-order valence-electron chi connectivity index (χ1n) is 7.57. The molecular weight excluding hydrogens is 250 g/mol. The molecule has 0 spiro atoms. The summed E-state index contributed by atoms with van der Waals surface area (Å²) in [6.45, 7) is 6.13. The van der Waals surface area contributed by atoms with Crippen molar-refractivity contribution < 1.29 is 4.74 Å². The second kappa shape index (κ2) is 6.12. The molecule has 20 heavy (non-hydrogen) atoms. The fraction of sp³-hybridized carbons (Fsp3) is 0.625. The van der Waals surface area contributed by atoms with E-state index in [1.807, 2.05) is 6.07 Å². The molecule has 0 aromatic heterocycles. The van der Waals surface area contributed by atoms with E-state index < -0.39 is 0 Å². The predicted molar refractivity (Wildman–Crippen MR) is 81.3 cm³/mol. The molecule has 1 aromatic carbocycles. The number of fused-ring (bicyclic) bond motifs is 3. The lowest BCUT2D eigenvalue weighted by atomic mass is 9.94. The second-order valence-electron chi connectivity index (χ2n) is 5.85. The Kier molecular flexibility index (Phi) is 4.24. The molecule has 3 aliphatic rings. The average molecular weight is 275 g/mol. The first kappa shape index (κ1) is 13.9. The van der Waals surface area contributed by atoms with Crippen molar-refractivity contribution >= 4 is 0 Å². The third-order valence-corrected chi connectivity index (χ3v) is 4.75. The number of benzene rings is 1. The van der Waals surface area contributed by atoms with Crippen LogP contribution in [0.25, 0.3) is 0 Å². The highest BCUT2D eigenvalue weighted by molar-refractivity contribution is 5.29. The normalized spacial score (nSPS) is 30.2. The van der Waals surface area contributed by atoms with E-state index >= 15 is 0 Å². The SMILES string of the molecule is CNC(Cc1cccc(OC)c1)C1CN2CCN1CC2. The van der Waals surface area contributed by atoms with Gasteiger partial charge in [-0.05, 0) is 31.2 Å². The van der Waals surface area contributed by atoms with Gasteiger partial charge in [0.2, 0.25) is 0 Å². The maximum absolute atomic E-state index is 5.33. The molecule has 4 heteroatoms. The van der Waals surface area contributed by atoms with E-state index in [0.717, 1.165) is 12.2 Å². The van der Waals surface area contributed by atoms with Gasteiger partial charge in [-0.3, -0.25) is 9.80 Å². The highest BCUT2D eigenvalue weighted by Gasteiger charge is 2.36. The minimum atomic E-state index is 0.505. The fourth-order valence-corrected chi connectivity index (χ4v) is 3.52. The third-order valence-electron chi connectivity index (χ3n) is 4.75. The van der Waals surface area contributed by atoms with Gasteiger partial charge in [0.15, 0.2) is 0 Å². The summed E-state index contributed by atoms with van der Waals surface area (Å²) >= 11 is 0. The highest BCUT2D eigenvalue weighted by Crippen LogP contribution is 2.21. The summed E-state index contributed by atoms with van der Waals surface area (Å²) in [6, 6.07) is 9.58. The number of methoxy groups -OCH3 is 1. The molecule has 3 heterocycles. The first-order valence-corrected chi connectivity index (χ1v) is 7.57. The molecule has 3 fully saturated rings. The largest absolute Gasteiger partial charge is 0.497 e. The van der Waals surface area contributed by atoms with Gasteiger partial charge in [0.25, 0.3) is 0 Å². The van der Waals surface area contributed by atoms with Gasteiger partial charge in [-0.1, -0.05) is 12.1 Å². The minimum Gasteiger partial charge on any atom is -0.497 e. The van der Waals surface area contributed by atoms with Crippen molar-refractivity contribution in [2.75, 3.05) is 46.9 Å². The van der Waals surface area contributed by atoms with Crippen LogP contribution in [-0.2, 0) is 6.42 Å². The number of hydrogen-bond donors (Lipinski definition) is 1. The zero-order chi connectivity index (χ0) is 13.9. The van der Waals surface area contributed by atoms with Crippen LogP contribution < -0.4 is 10.1 Å². The van der Waals surface area contributed by atoms with Crippen LogP contribution in [0, 0.1) is 0 Å². The lowest BCUT2D eigenvalue weighted by molar-refractivity contribution is -0.00202. The van der Waals surface area contributed by atoms with Gasteiger partial charge in [0.1, 0.15) is 5.75 Å². The number of likely N-dealkylation sites (N-methyl/N-ethyl adjacent to an activating group) is 1. The smallest absolute Gasteiger partial charge is 0.119 e. The molecule has 3 saturated heterocycles. The Hall–Kier alpha value is -1.10. The predicted octanol–water partition coefficient (Wildman–Crippen LogP) is 0.826. The lowest BCUT2D eigenvalue weighted by Gasteiger charge is -2.50. The van der Waals surface area contributed by atoms with Crippen molar-refractivity contribution in [3.05, 3.63) is 29.8 Å². The summed E-state index contributed by atoms with van der Waals surface area (Å²) in [6.07, 6.45) is 1.06. The molecule has 110 valence electrons. The van der Waals surface area contributed by atoms with Crippen LogP contribution in [-0.4, -0.2) is 68.8 Å². The number of nitrogens with zero attached hydrogens (tertiary/aromatic N) is 2. The zero-order valence-electron chi connectivity index (χ0n) is 12.5. The zero-order valence-corrected chi connectivity index (χ0v) is 12.5. The summed E-state index contributed by atoms with van der Waals surface area (Å²) in [5.74, 6) is 0.951. The van der Waals surface area contributed by atoms with Crippen LogP contribution in [0.3, 0.4) is 0 Å². The Balaban J connectivity index is 1.70. The highest BCUT2D eigenvalue weighted by atomic mass is 16.5.